The first-order chi connectivity index (χ1) is 11.2. The minimum Gasteiger partial charge on any atom is -0.465 e. The van der Waals surface area contributed by atoms with Gasteiger partial charge in [0.1, 0.15) is 0 Å². The fourth-order valence-electron chi connectivity index (χ4n) is 4.38. The van der Waals surface area contributed by atoms with Crippen LogP contribution in [0.3, 0.4) is 0 Å². The number of amides is 1. The van der Waals surface area contributed by atoms with E-state index in [1.807, 2.05) is 0 Å². The summed E-state index contributed by atoms with van der Waals surface area (Å²) in [5.74, 6) is 0.641. The van der Waals surface area contributed by atoms with Crippen molar-refractivity contribution in [2.24, 2.45) is 5.92 Å². The third-order valence-electron chi connectivity index (χ3n) is 5.47. The van der Waals surface area contributed by atoms with Gasteiger partial charge in [-0.1, -0.05) is 36.8 Å². The Hall–Kier alpha value is -1.55. The van der Waals surface area contributed by atoms with Crippen molar-refractivity contribution >= 4 is 6.09 Å². The monoisotopic (exact) mass is 316 g/mol. The molecule has 2 N–H and O–H groups in total. The maximum absolute atomic E-state index is 10.8. The van der Waals surface area contributed by atoms with Gasteiger partial charge in [0.25, 0.3) is 0 Å². The van der Waals surface area contributed by atoms with Gasteiger partial charge in [-0.25, -0.2) is 4.79 Å². The molecule has 1 amide bonds. The van der Waals surface area contributed by atoms with Crippen LogP contribution < -0.4 is 5.32 Å². The van der Waals surface area contributed by atoms with Gasteiger partial charge in [-0.3, -0.25) is 4.90 Å². The van der Waals surface area contributed by atoms with Gasteiger partial charge >= 0.3 is 6.09 Å². The largest absolute Gasteiger partial charge is 0.465 e. The fourth-order valence-corrected chi connectivity index (χ4v) is 4.38. The van der Waals surface area contributed by atoms with E-state index >= 15 is 0 Å². The Labute approximate surface area is 138 Å². The second-order valence-corrected chi connectivity index (χ2v) is 7.01. The van der Waals surface area contributed by atoms with Gasteiger partial charge in [0, 0.05) is 12.1 Å². The standard InChI is InChI=1S/C19H28N2O2/c22-19(23)20-17-11-9-16(10-12-17)18(15-7-3-1-4-8-15)21-13-5-2-6-14-21/h1,3-4,7-8,16-18,20H,2,5-6,9-14H2,(H,22,23). The molecule has 4 nitrogen and oxygen atoms in total. The number of benzene rings is 1. The Balaban J connectivity index is 1.70. The predicted molar refractivity (Wildman–Crippen MR) is 91.5 cm³/mol. The average molecular weight is 316 g/mol. The van der Waals surface area contributed by atoms with Crippen LogP contribution in [0, 0.1) is 5.92 Å². The van der Waals surface area contributed by atoms with Crippen LogP contribution in [0.25, 0.3) is 0 Å². The van der Waals surface area contributed by atoms with Gasteiger partial charge in [-0.15, -0.1) is 0 Å². The summed E-state index contributed by atoms with van der Waals surface area (Å²) in [6.07, 6.45) is 7.24. The van der Waals surface area contributed by atoms with Gasteiger partial charge in [0.2, 0.25) is 0 Å². The zero-order chi connectivity index (χ0) is 16.1. The molecule has 1 saturated heterocycles. The van der Waals surface area contributed by atoms with Gasteiger partial charge in [0.15, 0.2) is 0 Å². The molecule has 0 spiro atoms. The number of nitrogens with zero attached hydrogens (tertiary/aromatic N) is 1. The third kappa shape index (κ3) is 4.25. The van der Waals surface area contributed by atoms with Crippen molar-refractivity contribution in [2.75, 3.05) is 13.1 Å². The van der Waals surface area contributed by atoms with Gasteiger partial charge in [-0.2, -0.15) is 0 Å². The summed E-state index contributed by atoms with van der Waals surface area (Å²) >= 11 is 0. The highest BCUT2D eigenvalue weighted by Gasteiger charge is 2.33. The van der Waals surface area contributed by atoms with E-state index in [2.05, 4.69) is 40.5 Å². The number of carbonyl (C=O) groups is 1. The summed E-state index contributed by atoms with van der Waals surface area (Å²) in [6.45, 7) is 2.40. The summed E-state index contributed by atoms with van der Waals surface area (Å²) in [5, 5.41) is 11.6. The molecule has 2 fully saturated rings. The molecule has 0 aromatic heterocycles. The molecule has 1 unspecified atom stereocenters. The maximum Gasteiger partial charge on any atom is 0.404 e. The van der Waals surface area contributed by atoms with Crippen molar-refractivity contribution in [2.45, 2.75) is 57.0 Å². The van der Waals surface area contributed by atoms with E-state index in [-0.39, 0.29) is 6.04 Å². The molecule has 1 atom stereocenters. The SMILES string of the molecule is O=C(O)NC1CCC(C(c2ccccc2)N2CCCCC2)CC1. The first-order valence-corrected chi connectivity index (χ1v) is 9.02. The highest BCUT2D eigenvalue weighted by atomic mass is 16.4. The quantitative estimate of drug-likeness (QED) is 0.881. The maximum atomic E-state index is 10.8. The van der Waals surface area contributed by atoms with Crippen LogP contribution in [-0.2, 0) is 0 Å². The number of carboxylic acid groups (broad SMARTS) is 1. The summed E-state index contributed by atoms with van der Waals surface area (Å²) in [7, 11) is 0. The summed E-state index contributed by atoms with van der Waals surface area (Å²) < 4.78 is 0. The van der Waals surface area contributed by atoms with Crippen molar-refractivity contribution < 1.29 is 9.90 Å². The Morgan fingerprint density at radius 2 is 1.70 bits per heavy atom. The molecule has 23 heavy (non-hydrogen) atoms. The second-order valence-electron chi connectivity index (χ2n) is 7.01. The molecule has 126 valence electrons. The molecule has 4 heteroatoms. The van der Waals surface area contributed by atoms with E-state index < -0.39 is 6.09 Å². The Morgan fingerprint density at radius 3 is 2.30 bits per heavy atom. The molecule has 1 heterocycles. The lowest BCUT2D eigenvalue weighted by Crippen LogP contribution is -2.42. The number of rotatable bonds is 4. The molecule has 1 aliphatic carbocycles. The molecule has 0 radical (unpaired) electrons. The van der Waals surface area contributed by atoms with E-state index in [0.717, 1.165) is 25.7 Å². The molecule has 0 bridgehead atoms. The van der Waals surface area contributed by atoms with Gasteiger partial charge in [-0.05, 0) is 63.1 Å². The lowest BCUT2D eigenvalue weighted by atomic mass is 9.78. The average Bonchev–Trinajstić information content (AvgIpc) is 2.58. The minimum atomic E-state index is -0.885. The summed E-state index contributed by atoms with van der Waals surface area (Å²) in [6, 6.07) is 11.5. The van der Waals surface area contributed by atoms with Crippen LogP contribution in [0.4, 0.5) is 4.79 Å². The van der Waals surface area contributed by atoms with E-state index in [4.69, 9.17) is 5.11 Å². The van der Waals surface area contributed by atoms with Gasteiger partial charge < -0.3 is 10.4 Å². The number of hydrogen-bond donors (Lipinski definition) is 2. The van der Waals surface area contributed by atoms with Crippen molar-refractivity contribution in [3.63, 3.8) is 0 Å². The van der Waals surface area contributed by atoms with E-state index in [1.165, 1.54) is 37.9 Å². The Kier molecular flexibility index (Phi) is 5.55. The van der Waals surface area contributed by atoms with Crippen molar-refractivity contribution in [3.05, 3.63) is 35.9 Å². The van der Waals surface area contributed by atoms with E-state index in [0.29, 0.717) is 12.0 Å². The van der Waals surface area contributed by atoms with E-state index in [1.54, 1.807) is 0 Å². The Morgan fingerprint density at radius 1 is 1.04 bits per heavy atom. The molecule has 1 saturated carbocycles. The zero-order valence-corrected chi connectivity index (χ0v) is 13.8. The highest BCUT2D eigenvalue weighted by molar-refractivity contribution is 5.64. The normalized spacial score (nSPS) is 27.3. The molecule has 3 rings (SSSR count). The first kappa shape index (κ1) is 16.3. The lowest BCUT2D eigenvalue weighted by Gasteiger charge is -2.42. The van der Waals surface area contributed by atoms with Crippen molar-refractivity contribution in [1.29, 1.82) is 0 Å². The second kappa shape index (κ2) is 7.82. The first-order valence-electron chi connectivity index (χ1n) is 9.02. The van der Waals surface area contributed by atoms with E-state index in [9.17, 15) is 4.79 Å². The zero-order valence-electron chi connectivity index (χ0n) is 13.8. The van der Waals surface area contributed by atoms with Gasteiger partial charge in [0.05, 0.1) is 0 Å². The summed E-state index contributed by atoms with van der Waals surface area (Å²) in [4.78, 5) is 13.5. The summed E-state index contributed by atoms with van der Waals surface area (Å²) in [5.41, 5.74) is 1.43. The molecule has 1 aromatic rings. The highest BCUT2D eigenvalue weighted by Crippen LogP contribution is 2.39. The number of likely N-dealkylation sites (tertiary alicyclic amines) is 1. The minimum absolute atomic E-state index is 0.140. The smallest absolute Gasteiger partial charge is 0.404 e. The van der Waals surface area contributed by atoms with Crippen LogP contribution in [-0.4, -0.2) is 35.2 Å². The lowest BCUT2D eigenvalue weighted by molar-refractivity contribution is 0.0902. The van der Waals surface area contributed by atoms with Crippen LogP contribution in [0.15, 0.2) is 30.3 Å². The number of nitrogens with one attached hydrogen (secondary N) is 1. The molecule has 1 aliphatic heterocycles. The molecular weight excluding hydrogens is 288 g/mol. The van der Waals surface area contributed by atoms with Crippen LogP contribution in [0.5, 0.6) is 0 Å². The number of piperidine rings is 1. The number of hydrogen-bond acceptors (Lipinski definition) is 2. The topological polar surface area (TPSA) is 52.6 Å². The molecule has 2 aliphatic rings. The van der Waals surface area contributed by atoms with Crippen molar-refractivity contribution in [1.82, 2.24) is 10.2 Å². The third-order valence-corrected chi connectivity index (χ3v) is 5.47. The van der Waals surface area contributed by atoms with Crippen molar-refractivity contribution in [3.8, 4) is 0 Å². The fraction of sp³-hybridized carbons (Fsp3) is 0.632. The molecular formula is C19H28N2O2. The predicted octanol–water partition coefficient (Wildman–Crippen LogP) is 4.04. The molecule has 1 aromatic carbocycles. The van der Waals surface area contributed by atoms with Crippen LogP contribution in [0.1, 0.15) is 56.6 Å². The van der Waals surface area contributed by atoms with Crippen LogP contribution in [0.2, 0.25) is 0 Å². The Bertz CT molecular complexity index is 491. The van der Waals surface area contributed by atoms with Crippen LogP contribution >= 0.6 is 0 Å².